The van der Waals surface area contributed by atoms with E-state index in [1.165, 1.54) is 4.90 Å². The zero-order chi connectivity index (χ0) is 24.3. The summed E-state index contributed by atoms with van der Waals surface area (Å²) in [6.45, 7) is -0.256. The molecule has 176 valence electrons. The van der Waals surface area contributed by atoms with Crippen LogP contribution in [0.1, 0.15) is 10.4 Å². The second-order valence-electron chi connectivity index (χ2n) is 7.56. The van der Waals surface area contributed by atoms with Crippen LogP contribution >= 0.6 is 11.6 Å². The van der Waals surface area contributed by atoms with Crippen molar-refractivity contribution in [2.75, 3.05) is 31.5 Å². The van der Waals surface area contributed by atoms with Crippen molar-refractivity contribution in [2.45, 2.75) is 6.18 Å². The predicted molar refractivity (Wildman–Crippen MR) is 121 cm³/mol. The average Bonchev–Trinajstić information content (AvgIpc) is 2.84. The molecule has 2 amide bonds. The molecule has 0 saturated carbocycles. The van der Waals surface area contributed by atoms with Gasteiger partial charge in [-0.3, -0.25) is 9.59 Å². The highest BCUT2D eigenvalue weighted by molar-refractivity contribution is 6.30. The van der Waals surface area contributed by atoms with E-state index in [-0.39, 0.29) is 32.1 Å². The van der Waals surface area contributed by atoms with Crippen LogP contribution in [0.25, 0.3) is 11.3 Å². The van der Waals surface area contributed by atoms with Gasteiger partial charge in [0.05, 0.1) is 5.69 Å². The molecule has 7 nitrogen and oxygen atoms in total. The molecular weight excluding hydrogens is 471 g/mol. The molecule has 1 aliphatic heterocycles. The number of hydrogen-bond acceptors (Lipinski definition) is 5. The first-order chi connectivity index (χ1) is 16.2. The lowest BCUT2D eigenvalue weighted by Gasteiger charge is -2.35. The number of hydrogen-bond donors (Lipinski definition) is 1. The van der Waals surface area contributed by atoms with Gasteiger partial charge in [-0.25, -0.2) is 9.97 Å². The molecule has 0 bridgehead atoms. The maximum Gasteiger partial charge on any atom is 0.471 e. The maximum atomic E-state index is 12.7. The molecule has 3 aromatic rings. The number of alkyl halides is 3. The van der Waals surface area contributed by atoms with E-state index in [2.05, 4.69) is 15.3 Å². The molecular formula is C23H19ClF3N5O2. The van der Waals surface area contributed by atoms with Gasteiger partial charge in [0.15, 0.2) is 0 Å². The van der Waals surface area contributed by atoms with E-state index in [0.29, 0.717) is 27.9 Å². The average molecular weight is 490 g/mol. The number of halogens is 4. The number of carbonyl (C=O) groups excluding carboxylic acids is 2. The molecule has 0 unspecified atom stereocenters. The van der Waals surface area contributed by atoms with Crippen LogP contribution in [0.4, 0.5) is 24.8 Å². The standard InChI is InChI=1S/C23H19ClF3N5O2/c24-17-5-1-15(2-6-17)19-9-10-28-22(30-19)29-18-7-3-16(4-8-18)20(33)31-11-13-32(14-12-31)21(34)23(25,26)27/h1-10H,11-14H2,(H,28,29,30). The molecule has 1 aliphatic rings. The van der Waals surface area contributed by atoms with Crippen LogP contribution in [0, 0.1) is 0 Å². The van der Waals surface area contributed by atoms with Crippen LogP contribution in [0.3, 0.4) is 0 Å². The van der Waals surface area contributed by atoms with Gasteiger partial charge in [-0.2, -0.15) is 13.2 Å². The third-order valence-corrected chi connectivity index (χ3v) is 5.53. The van der Waals surface area contributed by atoms with Crippen molar-refractivity contribution in [3.8, 4) is 11.3 Å². The Labute approximate surface area is 198 Å². The van der Waals surface area contributed by atoms with E-state index in [4.69, 9.17) is 11.6 Å². The maximum absolute atomic E-state index is 12.7. The second kappa shape index (κ2) is 9.68. The van der Waals surface area contributed by atoms with Crippen molar-refractivity contribution < 1.29 is 22.8 Å². The summed E-state index contributed by atoms with van der Waals surface area (Å²) in [5.74, 6) is -1.82. The number of nitrogens with one attached hydrogen (secondary N) is 1. The van der Waals surface area contributed by atoms with Gasteiger partial charge in [0.2, 0.25) is 5.95 Å². The van der Waals surface area contributed by atoms with Gasteiger partial charge in [-0.1, -0.05) is 23.7 Å². The number of piperazine rings is 1. The van der Waals surface area contributed by atoms with E-state index in [9.17, 15) is 22.8 Å². The topological polar surface area (TPSA) is 78.4 Å². The normalized spacial score (nSPS) is 14.1. The quantitative estimate of drug-likeness (QED) is 0.588. The highest BCUT2D eigenvalue weighted by atomic mass is 35.5. The molecule has 1 fully saturated rings. The monoisotopic (exact) mass is 489 g/mol. The summed E-state index contributed by atoms with van der Waals surface area (Å²) in [6.07, 6.45) is -3.28. The fraction of sp³-hybridized carbons (Fsp3) is 0.217. The van der Waals surface area contributed by atoms with Crippen molar-refractivity contribution in [3.63, 3.8) is 0 Å². The predicted octanol–water partition coefficient (Wildman–Crippen LogP) is 4.39. The Kier molecular flexibility index (Phi) is 6.69. The van der Waals surface area contributed by atoms with Gasteiger partial charge >= 0.3 is 12.1 Å². The van der Waals surface area contributed by atoms with Gasteiger partial charge in [0.25, 0.3) is 5.91 Å². The lowest BCUT2D eigenvalue weighted by atomic mass is 10.1. The zero-order valence-corrected chi connectivity index (χ0v) is 18.5. The fourth-order valence-electron chi connectivity index (χ4n) is 3.50. The lowest BCUT2D eigenvalue weighted by molar-refractivity contribution is -0.186. The van der Waals surface area contributed by atoms with Crippen molar-refractivity contribution in [3.05, 3.63) is 71.4 Å². The first-order valence-corrected chi connectivity index (χ1v) is 10.7. The Morgan fingerprint density at radius 2 is 1.50 bits per heavy atom. The SMILES string of the molecule is O=C(c1ccc(Nc2nccc(-c3ccc(Cl)cc3)n2)cc1)N1CCN(C(=O)C(F)(F)F)CC1. The van der Waals surface area contributed by atoms with Gasteiger partial charge < -0.3 is 15.1 Å². The fourth-order valence-corrected chi connectivity index (χ4v) is 3.63. The number of aromatic nitrogens is 2. The summed E-state index contributed by atoms with van der Waals surface area (Å²) >= 11 is 5.93. The van der Waals surface area contributed by atoms with Crippen LogP contribution in [0.2, 0.25) is 5.02 Å². The van der Waals surface area contributed by atoms with Gasteiger partial charge in [-0.15, -0.1) is 0 Å². The minimum absolute atomic E-state index is 0.0337. The number of nitrogens with zero attached hydrogens (tertiary/aromatic N) is 4. The number of carbonyl (C=O) groups is 2. The number of anilines is 2. The van der Waals surface area contributed by atoms with Gasteiger partial charge in [0.1, 0.15) is 0 Å². The third-order valence-electron chi connectivity index (χ3n) is 5.28. The van der Waals surface area contributed by atoms with E-state index in [1.54, 1.807) is 48.7 Å². The molecule has 1 N–H and O–H groups in total. The molecule has 4 rings (SSSR count). The Morgan fingerprint density at radius 1 is 0.882 bits per heavy atom. The third kappa shape index (κ3) is 5.45. The number of benzene rings is 2. The first kappa shape index (κ1) is 23.5. The smallest absolute Gasteiger partial charge is 0.335 e. The molecule has 0 spiro atoms. The van der Waals surface area contributed by atoms with Crippen LogP contribution < -0.4 is 5.32 Å². The van der Waals surface area contributed by atoms with Crippen LogP contribution in [-0.2, 0) is 4.79 Å². The minimum atomic E-state index is -4.91. The lowest BCUT2D eigenvalue weighted by Crippen LogP contribution is -2.53. The van der Waals surface area contributed by atoms with E-state index in [0.717, 1.165) is 10.5 Å². The summed E-state index contributed by atoms with van der Waals surface area (Å²) < 4.78 is 37.7. The zero-order valence-electron chi connectivity index (χ0n) is 17.7. The van der Waals surface area contributed by atoms with Crippen molar-refractivity contribution in [1.29, 1.82) is 0 Å². The van der Waals surface area contributed by atoms with Crippen LogP contribution in [0.5, 0.6) is 0 Å². The molecule has 1 aromatic heterocycles. The van der Waals surface area contributed by atoms with Crippen molar-refractivity contribution in [2.24, 2.45) is 0 Å². The molecule has 0 radical (unpaired) electrons. The molecule has 2 heterocycles. The summed E-state index contributed by atoms with van der Waals surface area (Å²) in [5, 5.41) is 3.71. The van der Waals surface area contributed by atoms with Gasteiger partial charge in [0, 0.05) is 54.2 Å². The Hall–Kier alpha value is -3.66. The molecule has 0 aliphatic carbocycles. The largest absolute Gasteiger partial charge is 0.471 e. The summed E-state index contributed by atoms with van der Waals surface area (Å²) in [6, 6.07) is 15.6. The van der Waals surface area contributed by atoms with Crippen molar-refractivity contribution >= 4 is 35.1 Å². The molecule has 0 atom stereocenters. The highest BCUT2D eigenvalue weighted by Gasteiger charge is 2.43. The number of rotatable bonds is 4. The van der Waals surface area contributed by atoms with Gasteiger partial charge in [-0.05, 0) is 42.5 Å². The number of amides is 2. The van der Waals surface area contributed by atoms with E-state index in [1.807, 2.05) is 12.1 Å². The molecule has 2 aromatic carbocycles. The minimum Gasteiger partial charge on any atom is -0.335 e. The van der Waals surface area contributed by atoms with Crippen LogP contribution in [-0.4, -0.2) is 63.9 Å². The van der Waals surface area contributed by atoms with Crippen molar-refractivity contribution in [1.82, 2.24) is 19.8 Å². The Bertz CT molecular complexity index is 1180. The van der Waals surface area contributed by atoms with E-state index < -0.39 is 12.1 Å². The summed E-state index contributed by atoms with van der Waals surface area (Å²) in [4.78, 5) is 34.9. The molecule has 1 saturated heterocycles. The Morgan fingerprint density at radius 3 is 2.12 bits per heavy atom. The summed E-state index contributed by atoms with van der Waals surface area (Å²) in [5.41, 5.74) is 2.64. The highest BCUT2D eigenvalue weighted by Crippen LogP contribution is 2.23. The van der Waals surface area contributed by atoms with E-state index >= 15 is 0 Å². The summed E-state index contributed by atoms with van der Waals surface area (Å²) in [7, 11) is 0. The molecule has 11 heteroatoms. The second-order valence-corrected chi connectivity index (χ2v) is 7.99. The Balaban J connectivity index is 1.37. The van der Waals surface area contributed by atoms with Crippen LogP contribution in [0.15, 0.2) is 60.8 Å². The first-order valence-electron chi connectivity index (χ1n) is 10.3. The molecule has 34 heavy (non-hydrogen) atoms.